The second kappa shape index (κ2) is 6.10. The van der Waals surface area contributed by atoms with Gasteiger partial charge in [-0.15, -0.1) is 0 Å². The van der Waals surface area contributed by atoms with Crippen LogP contribution in [0.1, 0.15) is 23.3 Å². The lowest BCUT2D eigenvalue weighted by atomic mass is 10.3. The SMILES string of the molecule is O=C(Nc1ccc(Cl)cc1)c1cnc(N2CCCC2)cn1. The molecule has 0 aliphatic carbocycles. The average Bonchev–Trinajstić information content (AvgIpc) is 3.04. The van der Waals surface area contributed by atoms with Gasteiger partial charge in [0.15, 0.2) is 0 Å². The molecule has 5 nitrogen and oxygen atoms in total. The molecule has 0 bridgehead atoms. The van der Waals surface area contributed by atoms with Gasteiger partial charge in [0.25, 0.3) is 5.91 Å². The lowest BCUT2D eigenvalue weighted by Crippen LogP contribution is -2.20. The van der Waals surface area contributed by atoms with Crippen LogP contribution in [0.3, 0.4) is 0 Å². The first-order valence-corrected chi connectivity index (χ1v) is 7.24. The molecule has 2 heterocycles. The van der Waals surface area contributed by atoms with E-state index in [-0.39, 0.29) is 5.91 Å². The molecule has 3 rings (SSSR count). The third-order valence-corrected chi connectivity index (χ3v) is 3.65. The summed E-state index contributed by atoms with van der Waals surface area (Å²) >= 11 is 5.81. The van der Waals surface area contributed by atoms with Crippen molar-refractivity contribution in [2.24, 2.45) is 0 Å². The molecule has 1 amide bonds. The van der Waals surface area contributed by atoms with Crippen LogP contribution in [0.4, 0.5) is 11.5 Å². The highest BCUT2D eigenvalue weighted by Gasteiger charge is 2.15. The zero-order chi connectivity index (χ0) is 14.7. The molecular weight excluding hydrogens is 288 g/mol. The van der Waals surface area contributed by atoms with E-state index in [1.165, 1.54) is 19.0 Å². The van der Waals surface area contributed by atoms with E-state index in [0.29, 0.717) is 16.4 Å². The summed E-state index contributed by atoms with van der Waals surface area (Å²) in [6.07, 6.45) is 5.53. The minimum atomic E-state index is -0.280. The van der Waals surface area contributed by atoms with Crippen molar-refractivity contribution in [3.63, 3.8) is 0 Å². The molecule has 108 valence electrons. The lowest BCUT2D eigenvalue weighted by molar-refractivity contribution is 0.102. The summed E-state index contributed by atoms with van der Waals surface area (Å²) in [7, 11) is 0. The molecule has 1 aliphatic rings. The number of hydrogen-bond acceptors (Lipinski definition) is 4. The summed E-state index contributed by atoms with van der Waals surface area (Å²) < 4.78 is 0. The monoisotopic (exact) mass is 302 g/mol. The first-order valence-electron chi connectivity index (χ1n) is 6.86. The van der Waals surface area contributed by atoms with Crippen molar-refractivity contribution < 1.29 is 4.79 Å². The average molecular weight is 303 g/mol. The number of nitrogens with one attached hydrogen (secondary N) is 1. The number of rotatable bonds is 3. The molecule has 1 saturated heterocycles. The van der Waals surface area contributed by atoms with Gasteiger partial charge in [0, 0.05) is 23.8 Å². The Morgan fingerprint density at radius 2 is 1.81 bits per heavy atom. The summed E-state index contributed by atoms with van der Waals surface area (Å²) in [5.41, 5.74) is 0.975. The molecule has 1 aromatic carbocycles. The van der Waals surface area contributed by atoms with Crippen LogP contribution in [-0.4, -0.2) is 29.0 Å². The zero-order valence-electron chi connectivity index (χ0n) is 11.4. The largest absolute Gasteiger partial charge is 0.355 e. The summed E-state index contributed by atoms with van der Waals surface area (Å²) in [4.78, 5) is 22.8. The number of aromatic nitrogens is 2. The van der Waals surface area contributed by atoms with Crippen LogP contribution < -0.4 is 10.2 Å². The third kappa shape index (κ3) is 3.31. The Morgan fingerprint density at radius 3 is 2.43 bits per heavy atom. The van der Waals surface area contributed by atoms with E-state index in [0.717, 1.165) is 18.9 Å². The standard InChI is InChI=1S/C15H15ClN4O/c16-11-3-5-12(6-4-11)19-15(21)13-9-18-14(10-17-13)20-7-1-2-8-20/h3-6,9-10H,1-2,7-8H2,(H,19,21). The van der Waals surface area contributed by atoms with Gasteiger partial charge in [-0.3, -0.25) is 4.79 Å². The van der Waals surface area contributed by atoms with Gasteiger partial charge in [0.1, 0.15) is 11.5 Å². The topological polar surface area (TPSA) is 58.1 Å². The molecule has 1 fully saturated rings. The van der Waals surface area contributed by atoms with Crippen LogP contribution in [-0.2, 0) is 0 Å². The van der Waals surface area contributed by atoms with E-state index in [4.69, 9.17) is 11.6 Å². The fourth-order valence-corrected chi connectivity index (χ4v) is 2.40. The number of benzene rings is 1. The van der Waals surface area contributed by atoms with Gasteiger partial charge in [-0.05, 0) is 37.1 Å². The van der Waals surface area contributed by atoms with Crippen LogP contribution in [0.15, 0.2) is 36.7 Å². The van der Waals surface area contributed by atoms with Gasteiger partial charge in [-0.25, -0.2) is 9.97 Å². The Morgan fingerprint density at radius 1 is 1.10 bits per heavy atom. The van der Waals surface area contributed by atoms with Gasteiger partial charge in [-0.2, -0.15) is 0 Å². The highest BCUT2D eigenvalue weighted by molar-refractivity contribution is 6.30. The molecule has 1 N–H and O–H groups in total. The Hall–Kier alpha value is -2.14. The Labute approximate surface area is 128 Å². The number of hydrogen-bond donors (Lipinski definition) is 1. The summed E-state index contributed by atoms with van der Waals surface area (Å²) in [6, 6.07) is 6.93. The van der Waals surface area contributed by atoms with E-state index in [1.807, 2.05) is 0 Å². The van der Waals surface area contributed by atoms with Crippen LogP contribution in [0.2, 0.25) is 5.02 Å². The maximum Gasteiger partial charge on any atom is 0.275 e. The van der Waals surface area contributed by atoms with Crippen molar-refractivity contribution in [1.82, 2.24) is 9.97 Å². The Balaban J connectivity index is 1.68. The second-order valence-electron chi connectivity index (χ2n) is 4.92. The van der Waals surface area contributed by atoms with Crippen molar-refractivity contribution >= 4 is 29.0 Å². The predicted molar refractivity (Wildman–Crippen MR) is 82.9 cm³/mol. The molecule has 0 radical (unpaired) electrons. The van der Waals surface area contributed by atoms with E-state index >= 15 is 0 Å². The maximum atomic E-state index is 12.1. The van der Waals surface area contributed by atoms with Crippen molar-refractivity contribution in [3.8, 4) is 0 Å². The number of nitrogens with zero attached hydrogens (tertiary/aromatic N) is 3. The van der Waals surface area contributed by atoms with Crippen LogP contribution >= 0.6 is 11.6 Å². The fourth-order valence-electron chi connectivity index (χ4n) is 2.28. The van der Waals surface area contributed by atoms with Crippen molar-refractivity contribution in [2.75, 3.05) is 23.3 Å². The normalized spacial score (nSPS) is 14.2. The Bertz CT molecular complexity index is 621. The minimum Gasteiger partial charge on any atom is -0.355 e. The number of carbonyl (C=O) groups excluding carboxylic acids is 1. The van der Waals surface area contributed by atoms with Gasteiger partial charge >= 0.3 is 0 Å². The highest BCUT2D eigenvalue weighted by atomic mass is 35.5. The molecule has 6 heteroatoms. The van der Waals surface area contributed by atoms with Crippen molar-refractivity contribution in [1.29, 1.82) is 0 Å². The molecule has 21 heavy (non-hydrogen) atoms. The molecular formula is C15H15ClN4O. The highest BCUT2D eigenvalue weighted by Crippen LogP contribution is 2.17. The predicted octanol–water partition coefficient (Wildman–Crippen LogP) is 2.98. The van der Waals surface area contributed by atoms with Crippen LogP contribution in [0.5, 0.6) is 0 Å². The molecule has 1 aliphatic heterocycles. The van der Waals surface area contributed by atoms with Crippen LogP contribution in [0, 0.1) is 0 Å². The third-order valence-electron chi connectivity index (χ3n) is 3.40. The molecule has 0 spiro atoms. The van der Waals surface area contributed by atoms with E-state index in [1.54, 1.807) is 30.5 Å². The van der Waals surface area contributed by atoms with E-state index in [2.05, 4.69) is 20.2 Å². The number of amides is 1. The van der Waals surface area contributed by atoms with Gasteiger partial charge in [0.2, 0.25) is 0 Å². The first kappa shape index (κ1) is 13.8. The Kier molecular flexibility index (Phi) is 4.01. The fraction of sp³-hybridized carbons (Fsp3) is 0.267. The van der Waals surface area contributed by atoms with Crippen molar-refractivity contribution in [3.05, 3.63) is 47.4 Å². The van der Waals surface area contributed by atoms with Gasteiger partial charge in [-0.1, -0.05) is 11.6 Å². The van der Waals surface area contributed by atoms with E-state index < -0.39 is 0 Å². The van der Waals surface area contributed by atoms with E-state index in [9.17, 15) is 4.79 Å². The molecule has 0 saturated carbocycles. The minimum absolute atomic E-state index is 0.280. The smallest absolute Gasteiger partial charge is 0.275 e. The summed E-state index contributed by atoms with van der Waals surface area (Å²) in [5.74, 6) is 0.549. The molecule has 2 aromatic rings. The van der Waals surface area contributed by atoms with Crippen LogP contribution in [0.25, 0.3) is 0 Å². The summed E-state index contributed by atoms with van der Waals surface area (Å²) in [5, 5.41) is 3.39. The van der Waals surface area contributed by atoms with Crippen molar-refractivity contribution in [2.45, 2.75) is 12.8 Å². The molecule has 0 atom stereocenters. The first-order chi connectivity index (χ1) is 10.2. The number of halogens is 1. The zero-order valence-corrected chi connectivity index (χ0v) is 12.2. The maximum absolute atomic E-state index is 12.1. The van der Waals surface area contributed by atoms with Gasteiger partial charge in [0.05, 0.1) is 12.4 Å². The number of anilines is 2. The molecule has 0 unspecified atom stereocenters. The van der Waals surface area contributed by atoms with Gasteiger partial charge < -0.3 is 10.2 Å². The number of carbonyl (C=O) groups is 1. The summed E-state index contributed by atoms with van der Waals surface area (Å²) in [6.45, 7) is 2.01. The second-order valence-corrected chi connectivity index (χ2v) is 5.35. The quantitative estimate of drug-likeness (QED) is 0.947. The molecule has 1 aromatic heterocycles. The lowest BCUT2D eigenvalue weighted by Gasteiger charge is -2.15.